The molecule has 0 amide bonds. The van der Waals surface area contributed by atoms with Gasteiger partial charge in [0.1, 0.15) is 0 Å². The molecule has 2 aliphatic rings. The second kappa shape index (κ2) is 19.0. The van der Waals surface area contributed by atoms with Crippen LogP contribution in [0.15, 0.2) is 231 Å². The third kappa shape index (κ3) is 8.20. The highest BCUT2D eigenvalue weighted by Crippen LogP contribution is 2.50. The van der Waals surface area contributed by atoms with Gasteiger partial charge in [-0.05, 0) is 157 Å². The molecule has 0 radical (unpaired) electrons. The predicted molar refractivity (Wildman–Crippen MR) is 378 cm³/mol. The summed E-state index contributed by atoms with van der Waals surface area (Å²) in [5.74, 6) is 0. The van der Waals surface area contributed by atoms with Crippen LogP contribution in [0.25, 0.3) is 82.5 Å². The molecule has 0 aliphatic carbocycles. The van der Waals surface area contributed by atoms with Gasteiger partial charge in [0, 0.05) is 77.8 Å². The second-order valence-corrected chi connectivity index (χ2v) is 29.1. The Balaban J connectivity index is 1.09. The topological polar surface area (TPSA) is 21.3 Å². The van der Waals surface area contributed by atoms with E-state index in [-0.39, 0.29) is 28.4 Å². The first kappa shape index (κ1) is 53.9. The quantitative estimate of drug-likeness (QED) is 0.160. The van der Waals surface area contributed by atoms with Gasteiger partial charge in [-0.3, -0.25) is 0 Å². The summed E-state index contributed by atoms with van der Waals surface area (Å²) in [4.78, 5) is 5.34. The van der Waals surface area contributed by atoms with E-state index in [4.69, 9.17) is 0 Å². The van der Waals surface area contributed by atoms with Crippen LogP contribution >= 0.6 is 0 Å². The fourth-order valence-electron chi connectivity index (χ4n) is 14.7. The average Bonchev–Trinajstić information content (AvgIpc) is 0.709. The number of aromatic nitrogens is 3. The summed E-state index contributed by atoms with van der Waals surface area (Å²) in [5, 5.41) is 7.46. The molecule has 0 saturated heterocycles. The van der Waals surface area contributed by atoms with E-state index in [2.05, 4.69) is 337 Å². The normalized spacial score (nSPS) is 13.6. The Bertz CT molecular complexity index is 4740. The molecule has 0 N–H and O–H groups in total. The number of rotatable bonds is 5. The van der Waals surface area contributed by atoms with E-state index < -0.39 is 0 Å². The van der Waals surface area contributed by atoms with Gasteiger partial charge < -0.3 is 23.5 Å². The summed E-state index contributed by atoms with van der Waals surface area (Å²) in [5.41, 5.74) is 26.0. The monoisotopic (exact) mass is 1140 g/mol. The molecule has 0 saturated carbocycles. The van der Waals surface area contributed by atoms with Gasteiger partial charge in [-0.1, -0.05) is 217 Å². The van der Waals surface area contributed by atoms with Crippen molar-refractivity contribution in [2.75, 3.05) is 9.80 Å². The van der Waals surface area contributed by atoms with Gasteiger partial charge in [-0.2, -0.15) is 0 Å². The van der Waals surface area contributed by atoms with Gasteiger partial charge in [0.2, 0.25) is 0 Å². The van der Waals surface area contributed by atoms with E-state index >= 15 is 0 Å². The van der Waals surface area contributed by atoms with E-state index in [1.807, 2.05) is 0 Å². The maximum Gasteiger partial charge on any atom is 0.252 e. The maximum atomic E-state index is 2.67. The molecule has 11 aromatic carbocycles. The Morgan fingerprint density at radius 1 is 0.239 bits per heavy atom. The molecule has 16 rings (SSSR count). The SMILES string of the molecule is CC(C)(C)c1cc(N2c3cc(-n4c5ccccc5c5ccccc54)ccc3B3c4ccc(-n5c6ccccc6c6ccccc65)cc4N(c4cc(C(C)(C)C)cc(C(C)(C)C)c4)c4cc(-n5c6ccccc6c6ccccc65)cc2c43)cc(C(C)(C)C)c1. The number of hydrogen-bond donors (Lipinski definition) is 0. The third-order valence-corrected chi connectivity index (χ3v) is 19.4. The van der Waals surface area contributed by atoms with Crippen LogP contribution in [0.1, 0.15) is 105 Å². The van der Waals surface area contributed by atoms with Crippen molar-refractivity contribution in [1.29, 1.82) is 0 Å². The van der Waals surface area contributed by atoms with Gasteiger partial charge >= 0.3 is 0 Å². The first-order valence-corrected chi connectivity index (χ1v) is 31.5. The van der Waals surface area contributed by atoms with Crippen LogP contribution in [0, 0.1) is 0 Å². The molecule has 2 aliphatic heterocycles. The minimum Gasteiger partial charge on any atom is -0.311 e. The summed E-state index contributed by atoms with van der Waals surface area (Å²) in [7, 11) is 0. The molecule has 0 atom stereocenters. The highest BCUT2D eigenvalue weighted by Gasteiger charge is 2.45. The number of anilines is 6. The van der Waals surface area contributed by atoms with Gasteiger partial charge in [0.25, 0.3) is 6.71 Å². The number of nitrogens with zero attached hydrogens (tertiary/aromatic N) is 5. The number of benzene rings is 11. The van der Waals surface area contributed by atoms with Crippen LogP contribution in [0.4, 0.5) is 34.1 Å². The lowest BCUT2D eigenvalue weighted by molar-refractivity contribution is 0.568. The van der Waals surface area contributed by atoms with Crippen LogP contribution < -0.4 is 26.2 Å². The lowest BCUT2D eigenvalue weighted by Crippen LogP contribution is -2.61. The summed E-state index contributed by atoms with van der Waals surface area (Å²) in [6.07, 6.45) is 0. The van der Waals surface area contributed by atoms with E-state index in [0.717, 1.165) is 28.4 Å². The van der Waals surface area contributed by atoms with Crippen molar-refractivity contribution in [1.82, 2.24) is 13.7 Å². The lowest BCUT2D eigenvalue weighted by atomic mass is 9.33. The fourth-order valence-corrected chi connectivity index (χ4v) is 14.7. The van der Waals surface area contributed by atoms with Gasteiger partial charge in [-0.15, -0.1) is 0 Å². The van der Waals surface area contributed by atoms with Gasteiger partial charge in [-0.25, -0.2) is 0 Å². The van der Waals surface area contributed by atoms with Crippen molar-refractivity contribution in [3.05, 3.63) is 253 Å². The van der Waals surface area contributed by atoms with Crippen LogP contribution in [-0.2, 0) is 21.7 Å². The summed E-state index contributed by atoms with van der Waals surface area (Å²) in [6.45, 7) is 28.2. The minimum absolute atomic E-state index is 0.140. The summed E-state index contributed by atoms with van der Waals surface area (Å²) >= 11 is 0. The third-order valence-electron chi connectivity index (χ3n) is 19.4. The molecule has 0 bridgehead atoms. The molecule has 0 fully saturated rings. The molecule has 0 unspecified atom stereocenters. The van der Waals surface area contributed by atoms with E-state index in [1.54, 1.807) is 0 Å². The zero-order chi connectivity index (χ0) is 60.5. The molecular formula is C82H74BN5. The number of hydrogen-bond acceptors (Lipinski definition) is 2. The largest absolute Gasteiger partial charge is 0.311 e. The smallest absolute Gasteiger partial charge is 0.252 e. The van der Waals surface area contributed by atoms with Crippen molar-refractivity contribution < 1.29 is 0 Å². The van der Waals surface area contributed by atoms with E-state index in [9.17, 15) is 0 Å². The molecule has 5 heterocycles. The summed E-state index contributed by atoms with van der Waals surface area (Å²) in [6, 6.07) is 88.5. The molecule has 0 spiro atoms. The Labute approximate surface area is 517 Å². The summed E-state index contributed by atoms with van der Waals surface area (Å²) < 4.78 is 7.53. The van der Waals surface area contributed by atoms with Gasteiger partial charge in [0.15, 0.2) is 0 Å². The van der Waals surface area contributed by atoms with Crippen molar-refractivity contribution in [3.63, 3.8) is 0 Å². The van der Waals surface area contributed by atoms with Crippen LogP contribution in [0.5, 0.6) is 0 Å². The average molecular weight is 1140 g/mol. The highest BCUT2D eigenvalue weighted by atomic mass is 15.2. The minimum atomic E-state index is -0.158. The van der Waals surface area contributed by atoms with Crippen LogP contribution in [-0.4, -0.2) is 20.4 Å². The maximum absolute atomic E-state index is 2.67. The number of fused-ring (bicyclic) bond motifs is 13. The van der Waals surface area contributed by atoms with Crippen molar-refractivity contribution >= 4 is 123 Å². The van der Waals surface area contributed by atoms with Gasteiger partial charge in [0.05, 0.1) is 38.8 Å². The Morgan fingerprint density at radius 2 is 0.489 bits per heavy atom. The molecule has 430 valence electrons. The number of para-hydroxylation sites is 6. The van der Waals surface area contributed by atoms with Crippen molar-refractivity contribution in [3.8, 4) is 17.1 Å². The fraction of sp³-hybridized carbons (Fsp3) is 0.195. The molecule has 88 heavy (non-hydrogen) atoms. The van der Waals surface area contributed by atoms with Crippen LogP contribution in [0.2, 0.25) is 0 Å². The zero-order valence-corrected chi connectivity index (χ0v) is 52.8. The molecule has 3 aromatic heterocycles. The highest BCUT2D eigenvalue weighted by molar-refractivity contribution is 7.00. The van der Waals surface area contributed by atoms with E-state index in [0.29, 0.717) is 0 Å². The Kier molecular flexibility index (Phi) is 11.6. The zero-order valence-electron chi connectivity index (χ0n) is 52.8. The van der Waals surface area contributed by atoms with E-state index in [1.165, 1.54) is 127 Å². The molecule has 14 aromatic rings. The van der Waals surface area contributed by atoms with Crippen molar-refractivity contribution in [2.24, 2.45) is 0 Å². The first-order valence-electron chi connectivity index (χ1n) is 31.5. The Hall–Kier alpha value is -9.52. The van der Waals surface area contributed by atoms with Crippen LogP contribution in [0.3, 0.4) is 0 Å². The standard InChI is InChI=1S/C82H74BN5/c1-79(2,3)51-41-52(80(4,5)6)44-57(43-51)87-74-47-55(84-68-31-19-13-25-60(68)61-26-14-20-32-69(61)84)37-39-66(74)83-67-40-38-56(85-70-33-21-15-27-62(70)63-28-16-22-34-71(63)85)48-75(67)88(58-45-53(81(7,8)9)42-54(46-58)82(10,11)12)77-50-59(49-76(87)78(77)83)86-72-35-23-17-29-64(72)65-30-18-24-36-73(65)86/h13-50H,1-12H3. The molecule has 5 nitrogen and oxygen atoms in total. The Morgan fingerprint density at radius 3 is 0.761 bits per heavy atom. The first-order chi connectivity index (χ1) is 42.2. The van der Waals surface area contributed by atoms with Crippen molar-refractivity contribution in [2.45, 2.75) is 105 Å². The second-order valence-electron chi connectivity index (χ2n) is 29.1. The lowest BCUT2D eigenvalue weighted by Gasteiger charge is -2.45. The molecule has 6 heteroatoms. The predicted octanol–water partition coefficient (Wildman–Crippen LogP) is 20.3. The molecular weight excluding hydrogens is 1070 g/mol.